The number of benzene rings is 2. The summed E-state index contributed by atoms with van der Waals surface area (Å²) in [6.07, 6.45) is 3.01. The zero-order valence-electron chi connectivity index (χ0n) is 11.7. The Kier molecular flexibility index (Phi) is 5.26. The fourth-order valence-corrected chi connectivity index (χ4v) is 2.47. The number of nitrogens with zero attached hydrogens (tertiary/aromatic N) is 1. The molecule has 2 aromatic carbocycles. The molecule has 0 radical (unpaired) electrons. The summed E-state index contributed by atoms with van der Waals surface area (Å²) in [5, 5.41) is 13.4. The first-order chi connectivity index (χ1) is 10.5. The second kappa shape index (κ2) is 7.17. The summed E-state index contributed by atoms with van der Waals surface area (Å²) in [6, 6.07) is 11.8. The summed E-state index contributed by atoms with van der Waals surface area (Å²) < 4.78 is 1.11. The summed E-state index contributed by atoms with van der Waals surface area (Å²) in [4.78, 5) is 22.0. The van der Waals surface area contributed by atoms with E-state index in [0.29, 0.717) is 0 Å². The van der Waals surface area contributed by atoms with Gasteiger partial charge in [-0.3, -0.25) is 14.9 Å². The molecule has 0 spiro atoms. The number of rotatable bonds is 4. The Morgan fingerprint density at radius 2 is 1.91 bits per heavy atom. The van der Waals surface area contributed by atoms with Gasteiger partial charge in [-0.15, -0.1) is 0 Å². The second-order valence-electron chi connectivity index (χ2n) is 4.63. The van der Waals surface area contributed by atoms with Crippen LogP contribution in [0.3, 0.4) is 0 Å². The third kappa shape index (κ3) is 4.39. The van der Waals surface area contributed by atoms with Crippen LogP contribution in [-0.4, -0.2) is 10.8 Å². The van der Waals surface area contributed by atoms with E-state index in [4.69, 9.17) is 0 Å². The Hall–Kier alpha value is -2.22. The molecule has 2 aromatic rings. The van der Waals surface area contributed by atoms with Crippen LogP contribution in [-0.2, 0) is 4.79 Å². The zero-order valence-corrected chi connectivity index (χ0v) is 13.9. The number of nitro benzene ring substituents is 1. The Morgan fingerprint density at radius 1 is 1.23 bits per heavy atom. The van der Waals surface area contributed by atoms with Crippen LogP contribution in [0.5, 0.6) is 0 Å². The molecule has 0 aromatic heterocycles. The lowest BCUT2D eigenvalue weighted by Gasteiger charge is -2.06. The van der Waals surface area contributed by atoms with Crippen LogP contribution in [0.2, 0.25) is 0 Å². The number of carbonyl (C=O) groups is 1. The van der Waals surface area contributed by atoms with Crippen molar-refractivity contribution >= 4 is 45.9 Å². The molecule has 0 bridgehead atoms. The number of anilines is 1. The van der Waals surface area contributed by atoms with Crippen molar-refractivity contribution in [1.82, 2.24) is 0 Å². The Balaban J connectivity index is 2.03. The number of amides is 1. The first-order valence-electron chi connectivity index (χ1n) is 6.45. The molecule has 112 valence electrons. The smallest absolute Gasteiger partial charge is 0.269 e. The number of aryl methyl sites for hydroxylation is 1. The molecule has 0 fully saturated rings. The summed E-state index contributed by atoms with van der Waals surface area (Å²) in [5.41, 5.74) is 2.50. The van der Waals surface area contributed by atoms with Crippen LogP contribution in [0.25, 0.3) is 6.08 Å². The summed E-state index contributed by atoms with van der Waals surface area (Å²) in [5.74, 6) is -0.248. The monoisotopic (exact) mass is 408 g/mol. The molecule has 0 unspecified atom stereocenters. The van der Waals surface area contributed by atoms with Gasteiger partial charge in [0.2, 0.25) is 5.91 Å². The third-order valence-corrected chi connectivity index (χ3v) is 3.65. The van der Waals surface area contributed by atoms with Gasteiger partial charge in [0.1, 0.15) is 0 Å². The van der Waals surface area contributed by atoms with Crippen molar-refractivity contribution in [3.63, 3.8) is 0 Å². The molecular formula is C16H13IN2O3. The maximum atomic E-state index is 11.9. The first-order valence-corrected chi connectivity index (χ1v) is 7.53. The summed E-state index contributed by atoms with van der Waals surface area (Å²) in [7, 11) is 0. The van der Waals surface area contributed by atoms with E-state index in [1.807, 2.05) is 25.1 Å². The van der Waals surface area contributed by atoms with Crippen LogP contribution < -0.4 is 5.32 Å². The van der Waals surface area contributed by atoms with Crippen molar-refractivity contribution in [2.75, 3.05) is 5.32 Å². The van der Waals surface area contributed by atoms with Crippen LogP contribution in [0, 0.1) is 20.6 Å². The molecule has 0 heterocycles. The van der Waals surface area contributed by atoms with Crippen molar-refractivity contribution in [3.8, 4) is 0 Å². The fourth-order valence-electron chi connectivity index (χ4n) is 1.82. The van der Waals surface area contributed by atoms with E-state index in [0.717, 1.165) is 20.4 Å². The minimum Gasteiger partial charge on any atom is -0.322 e. The highest BCUT2D eigenvalue weighted by atomic mass is 127. The molecule has 22 heavy (non-hydrogen) atoms. The number of carbonyl (C=O) groups excluding carboxylic acids is 1. The highest BCUT2D eigenvalue weighted by Crippen LogP contribution is 2.18. The number of nitrogens with one attached hydrogen (secondary N) is 1. The van der Waals surface area contributed by atoms with Gasteiger partial charge in [-0.25, -0.2) is 0 Å². The molecule has 0 aliphatic rings. The van der Waals surface area contributed by atoms with Gasteiger partial charge >= 0.3 is 0 Å². The molecule has 2 rings (SSSR count). The van der Waals surface area contributed by atoms with Gasteiger partial charge in [0.15, 0.2) is 0 Å². The molecular weight excluding hydrogens is 395 g/mol. The van der Waals surface area contributed by atoms with Crippen molar-refractivity contribution in [2.24, 2.45) is 0 Å². The molecule has 6 heteroatoms. The van der Waals surface area contributed by atoms with E-state index >= 15 is 0 Å². The molecule has 5 nitrogen and oxygen atoms in total. The van der Waals surface area contributed by atoms with E-state index in [1.54, 1.807) is 18.2 Å². The van der Waals surface area contributed by atoms with Crippen LogP contribution >= 0.6 is 22.6 Å². The molecule has 1 N–H and O–H groups in total. The topological polar surface area (TPSA) is 72.2 Å². The molecule has 0 saturated carbocycles. The van der Waals surface area contributed by atoms with Crippen molar-refractivity contribution < 1.29 is 9.72 Å². The number of hydrogen-bond donors (Lipinski definition) is 1. The number of hydrogen-bond acceptors (Lipinski definition) is 3. The minimum atomic E-state index is -0.459. The predicted molar refractivity (Wildman–Crippen MR) is 94.7 cm³/mol. The van der Waals surface area contributed by atoms with Crippen molar-refractivity contribution in [3.05, 3.63) is 73.4 Å². The van der Waals surface area contributed by atoms with E-state index in [2.05, 4.69) is 27.9 Å². The van der Waals surface area contributed by atoms with Crippen molar-refractivity contribution in [2.45, 2.75) is 6.92 Å². The van der Waals surface area contributed by atoms with Crippen LogP contribution in [0.1, 0.15) is 11.1 Å². The highest BCUT2D eigenvalue weighted by Gasteiger charge is 2.04. The molecule has 0 saturated heterocycles. The standard InChI is InChI=1S/C16H13IN2O3/c1-11-10-13(17)5-8-15(11)18-16(20)9-4-12-2-6-14(7-3-12)19(21)22/h2-10H,1H3,(H,18,20). The average molecular weight is 408 g/mol. The molecule has 1 amide bonds. The minimum absolute atomic E-state index is 0.0242. The maximum absolute atomic E-state index is 11.9. The van der Waals surface area contributed by atoms with Gasteiger partial charge in [0, 0.05) is 27.5 Å². The van der Waals surface area contributed by atoms with Crippen molar-refractivity contribution in [1.29, 1.82) is 0 Å². The molecule has 0 aliphatic carbocycles. The lowest BCUT2D eigenvalue weighted by molar-refractivity contribution is -0.384. The number of non-ortho nitro benzene ring substituents is 1. The zero-order chi connectivity index (χ0) is 16.1. The van der Waals surface area contributed by atoms with Gasteiger partial charge in [0.05, 0.1) is 4.92 Å². The average Bonchev–Trinajstić information content (AvgIpc) is 2.48. The van der Waals surface area contributed by atoms with Gasteiger partial charge in [0.25, 0.3) is 5.69 Å². The van der Waals surface area contributed by atoms with E-state index in [9.17, 15) is 14.9 Å². The quantitative estimate of drug-likeness (QED) is 0.358. The lowest BCUT2D eigenvalue weighted by atomic mass is 10.2. The van der Waals surface area contributed by atoms with Gasteiger partial charge < -0.3 is 5.32 Å². The lowest BCUT2D eigenvalue weighted by Crippen LogP contribution is -2.08. The Bertz CT molecular complexity index is 740. The number of halogens is 1. The summed E-state index contributed by atoms with van der Waals surface area (Å²) in [6.45, 7) is 1.93. The fraction of sp³-hybridized carbons (Fsp3) is 0.0625. The second-order valence-corrected chi connectivity index (χ2v) is 5.88. The Labute approximate surface area is 141 Å². The van der Waals surface area contributed by atoms with Gasteiger partial charge in [-0.1, -0.05) is 0 Å². The predicted octanol–water partition coefficient (Wildman–Crippen LogP) is 4.16. The van der Waals surface area contributed by atoms with Gasteiger partial charge in [-0.2, -0.15) is 0 Å². The maximum Gasteiger partial charge on any atom is 0.269 e. The SMILES string of the molecule is Cc1cc(I)ccc1NC(=O)C=Cc1ccc([N+](=O)[O-])cc1. The Morgan fingerprint density at radius 3 is 2.50 bits per heavy atom. The summed E-state index contributed by atoms with van der Waals surface area (Å²) >= 11 is 2.21. The number of nitro groups is 1. The van der Waals surface area contributed by atoms with E-state index in [-0.39, 0.29) is 11.6 Å². The van der Waals surface area contributed by atoms with Gasteiger partial charge in [-0.05, 0) is 77.0 Å². The molecule has 0 atom stereocenters. The largest absolute Gasteiger partial charge is 0.322 e. The van der Waals surface area contributed by atoms with Crippen LogP contribution in [0.15, 0.2) is 48.5 Å². The molecule has 0 aliphatic heterocycles. The first kappa shape index (κ1) is 16.2. The highest BCUT2D eigenvalue weighted by molar-refractivity contribution is 14.1. The van der Waals surface area contributed by atoms with E-state index < -0.39 is 4.92 Å². The van der Waals surface area contributed by atoms with Crippen LogP contribution in [0.4, 0.5) is 11.4 Å². The normalized spacial score (nSPS) is 10.6. The third-order valence-electron chi connectivity index (χ3n) is 2.98. The van der Waals surface area contributed by atoms with E-state index in [1.165, 1.54) is 18.2 Å².